The minimum Gasteiger partial charge on any atom is -0.218 e. The first-order valence-corrected chi connectivity index (χ1v) is 9.08. The molecule has 23 heavy (non-hydrogen) atoms. The molecule has 0 bridgehead atoms. The second-order valence-electron chi connectivity index (χ2n) is 4.96. The summed E-state index contributed by atoms with van der Waals surface area (Å²) in [5.74, 6) is 0. The topological polar surface area (TPSA) is 34.1 Å². The zero-order chi connectivity index (χ0) is 16.4. The third kappa shape index (κ3) is 3.27. The maximum Gasteiger partial charge on any atom is 0.207 e. The molecule has 116 valence electrons. The van der Waals surface area contributed by atoms with Gasteiger partial charge in [-0.05, 0) is 42.0 Å². The molecule has 0 spiro atoms. The van der Waals surface area contributed by atoms with Crippen LogP contribution in [0.5, 0.6) is 0 Å². The molecule has 3 rings (SSSR count). The Balaban J connectivity index is 2.23. The fourth-order valence-electron chi connectivity index (χ4n) is 2.31. The third-order valence-corrected chi connectivity index (χ3v) is 5.74. The van der Waals surface area contributed by atoms with E-state index in [1.165, 1.54) is 6.07 Å². The van der Waals surface area contributed by atoms with E-state index in [0.29, 0.717) is 15.6 Å². The lowest BCUT2D eigenvalue weighted by atomic mass is 10.1. The minimum absolute atomic E-state index is 0.179. The molecule has 3 aromatic carbocycles. The maximum absolute atomic E-state index is 13.0. The Kier molecular flexibility index (Phi) is 4.44. The molecule has 0 amide bonds. The van der Waals surface area contributed by atoms with E-state index < -0.39 is 9.84 Å². The molecule has 5 heteroatoms. The van der Waals surface area contributed by atoms with E-state index in [1.54, 1.807) is 66.7 Å². The lowest BCUT2D eigenvalue weighted by Gasteiger charge is -2.12. The van der Waals surface area contributed by atoms with Gasteiger partial charge < -0.3 is 0 Å². The van der Waals surface area contributed by atoms with E-state index in [0.717, 1.165) is 5.56 Å². The lowest BCUT2D eigenvalue weighted by Crippen LogP contribution is -2.04. The molecule has 0 aliphatic heterocycles. The Morgan fingerprint density at radius 2 is 1.30 bits per heavy atom. The molecule has 0 radical (unpaired) electrons. The maximum atomic E-state index is 13.0. The van der Waals surface area contributed by atoms with Gasteiger partial charge in [0, 0.05) is 15.6 Å². The summed E-state index contributed by atoms with van der Waals surface area (Å²) in [5, 5.41) is 0.965. The summed E-state index contributed by atoms with van der Waals surface area (Å²) in [6, 6.07) is 20.2. The van der Waals surface area contributed by atoms with Crippen molar-refractivity contribution in [1.82, 2.24) is 0 Å². The van der Waals surface area contributed by atoms with Crippen LogP contribution in [0.15, 0.2) is 82.6 Å². The highest BCUT2D eigenvalue weighted by Gasteiger charge is 2.22. The average Bonchev–Trinajstić information content (AvgIpc) is 2.56. The second-order valence-corrected chi connectivity index (χ2v) is 7.75. The van der Waals surface area contributed by atoms with Crippen LogP contribution in [0.1, 0.15) is 0 Å². The van der Waals surface area contributed by atoms with Gasteiger partial charge in [-0.1, -0.05) is 59.6 Å². The summed E-state index contributed by atoms with van der Waals surface area (Å²) in [6.45, 7) is 0. The largest absolute Gasteiger partial charge is 0.218 e. The standard InChI is InChI=1S/C18H12Cl2O2S/c19-14-8-6-13(7-9-14)17-11-10-15(20)12-18(17)23(21,22)16-4-2-1-3-5-16/h1-12H. The molecule has 0 fully saturated rings. The number of hydrogen-bond donors (Lipinski definition) is 0. The summed E-state index contributed by atoms with van der Waals surface area (Å²) in [7, 11) is -3.67. The first-order chi connectivity index (χ1) is 11.0. The van der Waals surface area contributed by atoms with Gasteiger partial charge in [0.15, 0.2) is 0 Å². The molecule has 0 aliphatic rings. The van der Waals surface area contributed by atoms with E-state index >= 15 is 0 Å². The molecule has 3 aromatic rings. The van der Waals surface area contributed by atoms with Crippen LogP contribution in [0, 0.1) is 0 Å². The molecule has 0 atom stereocenters. The van der Waals surface area contributed by atoms with E-state index in [1.807, 2.05) is 0 Å². The van der Waals surface area contributed by atoms with Crippen LogP contribution in [0.2, 0.25) is 10.0 Å². The van der Waals surface area contributed by atoms with Crippen LogP contribution in [-0.4, -0.2) is 8.42 Å². The van der Waals surface area contributed by atoms with Gasteiger partial charge in [-0.3, -0.25) is 0 Å². The molecule has 0 N–H and O–H groups in total. The molecular formula is C18H12Cl2O2S. The Morgan fingerprint density at radius 3 is 1.96 bits per heavy atom. The highest BCUT2D eigenvalue weighted by atomic mass is 35.5. The van der Waals surface area contributed by atoms with Crippen molar-refractivity contribution in [3.05, 3.63) is 82.8 Å². The van der Waals surface area contributed by atoms with Crippen molar-refractivity contribution in [1.29, 1.82) is 0 Å². The van der Waals surface area contributed by atoms with E-state index in [9.17, 15) is 8.42 Å². The van der Waals surface area contributed by atoms with Crippen molar-refractivity contribution in [3.63, 3.8) is 0 Å². The highest BCUT2D eigenvalue weighted by Crippen LogP contribution is 2.34. The van der Waals surface area contributed by atoms with Gasteiger partial charge in [-0.2, -0.15) is 0 Å². The molecule has 0 saturated heterocycles. The highest BCUT2D eigenvalue weighted by molar-refractivity contribution is 7.91. The van der Waals surface area contributed by atoms with E-state index in [2.05, 4.69) is 0 Å². The average molecular weight is 363 g/mol. The van der Waals surface area contributed by atoms with Crippen molar-refractivity contribution < 1.29 is 8.42 Å². The van der Waals surface area contributed by atoms with E-state index in [4.69, 9.17) is 23.2 Å². The summed E-state index contributed by atoms with van der Waals surface area (Å²) in [5.41, 5.74) is 1.36. The Labute approximate surface area is 145 Å². The van der Waals surface area contributed by atoms with Gasteiger partial charge in [0.05, 0.1) is 9.79 Å². The molecule has 0 aliphatic carbocycles. The number of rotatable bonds is 3. The summed E-state index contributed by atoms with van der Waals surface area (Å²) in [6.07, 6.45) is 0. The zero-order valence-electron chi connectivity index (χ0n) is 11.9. The van der Waals surface area contributed by atoms with Crippen LogP contribution in [0.3, 0.4) is 0 Å². The molecule has 0 unspecified atom stereocenters. The fraction of sp³-hybridized carbons (Fsp3) is 0. The number of halogens is 2. The van der Waals surface area contributed by atoms with Gasteiger partial charge in [-0.15, -0.1) is 0 Å². The first kappa shape index (κ1) is 16.1. The summed E-state index contributed by atoms with van der Waals surface area (Å²) in [4.78, 5) is 0.413. The smallest absolute Gasteiger partial charge is 0.207 e. The fourth-order valence-corrected chi connectivity index (χ4v) is 4.20. The molecule has 2 nitrogen and oxygen atoms in total. The van der Waals surface area contributed by atoms with Crippen molar-refractivity contribution in [2.45, 2.75) is 9.79 Å². The molecule has 0 heterocycles. The van der Waals surface area contributed by atoms with Gasteiger partial charge in [0.25, 0.3) is 0 Å². The van der Waals surface area contributed by atoms with Crippen LogP contribution in [0.4, 0.5) is 0 Å². The molecular weight excluding hydrogens is 351 g/mol. The monoisotopic (exact) mass is 362 g/mol. The number of benzene rings is 3. The zero-order valence-corrected chi connectivity index (χ0v) is 14.2. The van der Waals surface area contributed by atoms with Gasteiger partial charge >= 0.3 is 0 Å². The second kappa shape index (κ2) is 6.36. The predicted molar refractivity (Wildman–Crippen MR) is 93.8 cm³/mol. The summed E-state index contributed by atoms with van der Waals surface area (Å²) < 4.78 is 25.9. The van der Waals surface area contributed by atoms with E-state index in [-0.39, 0.29) is 9.79 Å². The van der Waals surface area contributed by atoms with Crippen LogP contribution in [-0.2, 0) is 9.84 Å². The normalized spacial score (nSPS) is 11.4. The Bertz CT molecular complexity index is 935. The Hall–Kier alpha value is -1.81. The van der Waals surface area contributed by atoms with Crippen LogP contribution in [0.25, 0.3) is 11.1 Å². The summed E-state index contributed by atoms with van der Waals surface area (Å²) >= 11 is 11.9. The van der Waals surface area contributed by atoms with Gasteiger partial charge in [-0.25, -0.2) is 8.42 Å². The number of sulfone groups is 1. The molecule has 0 saturated carbocycles. The van der Waals surface area contributed by atoms with Crippen molar-refractivity contribution in [2.24, 2.45) is 0 Å². The predicted octanol–water partition coefficient (Wildman–Crippen LogP) is 5.49. The minimum atomic E-state index is -3.67. The van der Waals surface area contributed by atoms with Crippen LogP contribution >= 0.6 is 23.2 Å². The number of hydrogen-bond acceptors (Lipinski definition) is 2. The van der Waals surface area contributed by atoms with Gasteiger partial charge in [0.2, 0.25) is 9.84 Å². The van der Waals surface area contributed by atoms with Crippen LogP contribution < -0.4 is 0 Å². The SMILES string of the molecule is O=S(=O)(c1ccccc1)c1cc(Cl)ccc1-c1ccc(Cl)cc1. The molecule has 0 aromatic heterocycles. The quantitative estimate of drug-likeness (QED) is 0.616. The van der Waals surface area contributed by atoms with Crippen molar-refractivity contribution in [3.8, 4) is 11.1 Å². The third-order valence-electron chi connectivity index (χ3n) is 3.44. The first-order valence-electron chi connectivity index (χ1n) is 6.84. The lowest BCUT2D eigenvalue weighted by molar-refractivity contribution is 0.596. The van der Waals surface area contributed by atoms with Crippen molar-refractivity contribution >= 4 is 33.0 Å². The Morgan fingerprint density at radius 1 is 0.696 bits per heavy atom. The van der Waals surface area contributed by atoms with Gasteiger partial charge in [0.1, 0.15) is 0 Å². The van der Waals surface area contributed by atoms with Crippen molar-refractivity contribution in [2.75, 3.05) is 0 Å².